The molecule has 0 heterocycles. The lowest BCUT2D eigenvalue weighted by molar-refractivity contribution is -0.148. The maximum atomic E-state index is 12.4. The summed E-state index contributed by atoms with van der Waals surface area (Å²) in [5.74, 6) is -2.88. The van der Waals surface area contributed by atoms with E-state index in [1.807, 2.05) is 26.0 Å². The van der Waals surface area contributed by atoms with Gasteiger partial charge in [0.2, 0.25) is 5.91 Å². The van der Waals surface area contributed by atoms with Crippen molar-refractivity contribution in [3.8, 4) is 5.75 Å². The Hall–Kier alpha value is -2.83. The highest BCUT2D eigenvalue weighted by atomic mass is 16.5. The molecule has 2 aliphatic rings. The molecule has 0 aromatic heterocycles. The molecule has 1 fully saturated rings. The Morgan fingerprint density at radius 1 is 1.04 bits per heavy atom. The van der Waals surface area contributed by atoms with Gasteiger partial charge in [-0.15, -0.1) is 0 Å². The van der Waals surface area contributed by atoms with Crippen LogP contribution in [-0.4, -0.2) is 29.0 Å². The molecule has 3 N–H and O–H groups in total. The van der Waals surface area contributed by atoms with Crippen molar-refractivity contribution in [3.63, 3.8) is 0 Å². The zero-order valence-electron chi connectivity index (χ0n) is 14.6. The maximum absolute atomic E-state index is 12.4. The van der Waals surface area contributed by atoms with E-state index in [1.54, 1.807) is 24.3 Å². The van der Waals surface area contributed by atoms with Crippen LogP contribution < -0.4 is 15.6 Å². The summed E-state index contributed by atoms with van der Waals surface area (Å²) in [6.07, 6.45) is 4.46. The van der Waals surface area contributed by atoms with E-state index in [1.165, 1.54) is 0 Å². The summed E-state index contributed by atoms with van der Waals surface area (Å²) in [5, 5.41) is 9.39. The fraction of sp³-hybridized carbons (Fsp3) is 0.421. The van der Waals surface area contributed by atoms with Crippen LogP contribution in [0, 0.1) is 23.7 Å². The molecule has 2 bridgehead atoms. The molecule has 1 saturated carbocycles. The lowest BCUT2D eigenvalue weighted by Crippen LogP contribution is -2.48. The van der Waals surface area contributed by atoms with E-state index in [-0.39, 0.29) is 17.9 Å². The molecule has 7 nitrogen and oxygen atoms in total. The number of allylic oxidation sites excluding steroid dienone is 2. The first kappa shape index (κ1) is 18.0. The van der Waals surface area contributed by atoms with Gasteiger partial charge in [-0.25, -0.2) is 0 Å². The van der Waals surface area contributed by atoms with Crippen molar-refractivity contribution in [2.75, 3.05) is 0 Å². The molecule has 2 amide bonds. The first-order valence-corrected chi connectivity index (χ1v) is 8.65. The number of carboxylic acids is 1. The van der Waals surface area contributed by atoms with Crippen molar-refractivity contribution < 1.29 is 24.2 Å². The molecule has 0 aliphatic heterocycles. The molecule has 1 aromatic carbocycles. The SMILES string of the molecule is CC(C)Oc1ccc(C(=O)NNC(=O)[C@H]2[C@H](C(=O)O)[C@H]3C=C[C@H]2C3)cc1. The average molecular weight is 358 g/mol. The van der Waals surface area contributed by atoms with Gasteiger partial charge in [-0.2, -0.15) is 0 Å². The quantitative estimate of drug-likeness (QED) is 0.549. The van der Waals surface area contributed by atoms with Crippen molar-refractivity contribution in [1.29, 1.82) is 0 Å². The van der Waals surface area contributed by atoms with E-state index in [2.05, 4.69) is 10.9 Å². The summed E-state index contributed by atoms with van der Waals surface area (Å²) in [6.45, 7) is 3.82. The number of carbonyl (C=O) groups is 3. The van der Waals surface area contributed by atoms with E-state index < -0.39 is 29.6 Å². The standard InChI is InChI=1S/C19H22N2O5/c1-10(2)26-14-7-5-11(6-8-14)17(22)20-21-18(23)15-12-3-4-13(9-12)16(15)19(24)25/h3-8,10,12-13,15-16H,9H2,1-2H3,(H,20,22)(H,21,23)(H,24,25)/t12-,13-,15+,16+/m0/s1. The van der Waals surface area contributed by atoms with Crippen LogP contribution in [0.15, 0.2) is 36.4 Å². The number of nitrogens with one attached hydrogen (secondary N) is 2. The minimum atomic E-state index is -0.978. The predicted molar refractivity (Wildman–Crippen MR) is 93.2 cm³/mol. The zero-order chi connectivity index (χ0) is 18.8. The van der Waals surface area contributed by atoms with Crippen LogP contribution >= 0.6 is 0 Å². The van der Waals surface area contributed by atoms with Gasteiger partial charge < -0.3 is 9.84 Å². The highest BCUT2D eigenvalue weighted by Crippen LogP contribution is 2.48. The molecule has 3 rings (SSSR count). The van der Waals surface area contributed by atoms with Gasteiger partial charge in [0.1, 0.15) is 5.75 Å². The molecule has 0 radical (unpaired) electrons. The number of hydrogen-bond acceptors (Lipinski definition) is 4. The van der Waals surface area contributed by atoms with Crippen LogP contribution in [0.25, 0.3) is 0 Å². The van der Waals surface area contributed by atoms with Gasteiger partial charge in [-0.3, -0.25) is 25.2 Å². The summed E-state index contributed by atoms with van der Waals surface area (Å²) in [7, 11) is 0. The number of fused-ring (bicyclic) bond motifs is 2. The second kappa shape index (κ2) is 7.19. The van der Waals surface area contributed by atoms with Crippen LogP contribution in [0.1, 0.15) is 30.6 Å². The summed E-state index contributed by atoms with van der Waals surface area (Å²) < 4.78 is 5.51. The topological polar surface area (TPSA) is 105 Å². The van der Waals surface area contributed by atoms with Gasteiger partial charge in [0.25, 0.3) is 5.91 Å². The molecule has 0 unspecified atom stereocenters. The molecular weight excluding hydrogens is 336 g/mol. The minimum absolute atomic E-state index is 0.0342. The summed E-state index contributed by atoms with van der Waals surface area (Å²) in [5.41, 5.74) is 5.10. The Labute approximate surface area is 151 Å². The van der Waals surface area contributed by atoms with Crippen LogP contribution in [0.5, 0.6) is 5.75 Å². The molecule has 4 atom stereocenters. The smallest absolute Gasteiger partial charge is 0.307 e. The molecule has 0 spiro atoms. The van der Waals surface area contributed by atoms with Gasteiger partial charge >= 0.3 is 5.97 Å². The third-order valence-corrected chi connectivity index (χ3v) is 4.83. The van der Waals surface area contributed by atoms with Gasteiger partial charge in [0, 0.05) is 5.56 Å². The summed E-state index contributed by atoms with van der Waals surface area (Å²) >= 11 is 0. The maximum Gasteiger partial charge on any atom is 0.307 e. The number of benzene rings is 1. The first-order valence-electron chi connectivity index (χ1n) is 8.65. The monoisotopic (exact) mass is 358 g/mol. The fourth-order valence-electron chi connectivity index (χ4n) is 3.75. The highest BCUT2D eigenvalue weighted by Gasteiger charge is 2.51. The molecule has 1 aromatic rings. The second-order valence-corrected chi connectivity index (χ2v) is 6.97. The number of aliphatic carboxylic acids is 1. The lowest BCUT2D eigenvalue weighted by atomic mass is 9.82. The minimum Gasteiger partial charge on any atom is -0.491 e. The largest absolute Gasteiger partial charge is 0.491 e. The van der Waals surface area contributed by atoms with Crippen molar-refractivity contribution in [2.45, 2.75) is 26.4 Å². The van der Waals surface area contributed by atoms with Crippen molar-refractivity contribution in [3.05, 3.63) is 42.0 Å². The van der Waals surface area contributed by atoms with Gasteiger partial charge in [0.05, 0.1) is 17.9 Å². The van der Waals surface area contributed by atoms with Gasteiger partial charge in [0.15, 0.2) is 0 Å². The third kappa shape index (κ3) is 3.56. The Morgan fingerprint density at radius 3 is 2.23 bits per heavy atom. The average Bonchev–Trinajstić information content (AvgIpc) is 3.20. The number of carbonyl (C=O) groups excluding carboxylic acids is 2. The van der Waals surface area contributed by atoms with Crippen molar-refractivity contribution >= 4 is 17.8 Å². The van der Waals surface area contributed by atoms with Gasteiger partial charge in [-0.1, -0.05) is 12.2 Å². The highest BCUT2D eigenvalue weighted by molar-refractivity contribution is 5.96. The number of hydrazine groups is 1. The van der Waals surface area contributed by atoms with Crippen LogP contribution in [0.2, 0.25) is 0 Å². The van der Waals surface area contributed by atoms with E-state index in [9.17, 15) is 19.5 Å². The van der Waals surface area contributed by atoms with E-state index >= 15 is 0 Å². The Kier molecular flexibility index (Phi) is 4.97. The Morgan fingerprint density at radius 2 is 1.65 bits per heavy atom. The fourth-order valence-corrected chi connectivity index (χ4v) is 3.75. The van der Waals surface area contributed by atoms with Crippen LogP contribution in [0.3, 0.4) is 0 Å². The molecular formula is C19H22N2O5. The number of amides is 2. The zero-order valence-corrected chi connectivity index (χ0v) is 14.6. The van der Waals surface area contributed by atoms with Gasteiger partial charge in [-0.05, 0) is 56.4 Å². The number of ether oxygens (including phenoxy) is 1. The van der Waals surface area contributed by atoms with Crippen LogP contribution in [0.4, 0.5) is 0 Å². The molecule has 2 aliphatic carbocycles. The second-order valence-electron chi connectivity index (χ2n) is 6.97. The molecule has 0 saturated heterocycles. The number of rotatable bonds is 5. The lowest BCUT2D eigenvalue weighted by Gasteiger charge is -2.23. The normalized spacial score (nSPS) is 26.0. The summed E-state index contributed by atoms with van der Waals surface area (Å²) in [6, 6.07) is 6.55. The van der Waals surface area contributed by atoms with E-state index in [0.29, 0.717) is 17.7 Å². The van der Waals surface area contributed by atoms with E-state index in [0.717, 1.165) is 0 Å². The van der Waals surface area contributed by atoms with E-state index in [4.69, 9.17) is 4.74 Å². The molecule has 26 heavy (non-hydrogen) atoms. The number of hydrogen-bond donors (Lipinski definition) is 3. The van der Waals surface area contributed by atoms with Crippen LogP contribution in [-0.2, 0) is 9.59 Å². The Balaban J connectivity index is 1.58. The summed E-state index contributed by atoms with van der Waals surface area (Å²) in [4.78, 5) is 36.1. The first-order chi connectivity index (χ1) is 12.4. The number of carboxylic acid groups (broad SMARTS) is 1. The van der Waals surface area contributed by atoms with Crippen molar-refractivity contribution in [1.82, 2.24) is 10.9 Å². The Bertz CT molecular complexity index is 741. The van der Waals surface area contributed by atoms with Crippen molar-refractivity contribution in [2.24, 2.45) is 23.7 Å². The molecule has 7 heteroatoms. The predicted octanol–water partition coefficient (Wildman–Crippen LogP) is 1.76. The molecule has 138 valence electrons. The third-order valence-electron chi connectivity index (χ3n) is 4.83.